The molecule has 1 heterocycles. The van der Waals surface area contributed by atoms with Crippen LogP contribution >= 0.6 is 0 Å². The van der Waals surface area contributed by atoms with E-state index < -0.39 is 6.10 Å². The second kappa shape index (κ2) is 6.16. The molecule has 3 N–H and O–H groups in total. The van der Waals surface area contributed by atoms with Crippen LogP contribution in [0.15, 0.2) is 30.6 Å². The molecule has 1 aromatic heterocycles. The Bertz CT molecular complexity index is 577. The van der Waals surface area contributed by atoms with E-state index in [4.69, 9.17) is 0 Å². The van der Waals surface area contributed by atoms with E-state index in [0.29, 0.717) is 18.1 Å². The van der Waals surface area contributed by atoms with Crippen LogP contribution in [0.1, 0.15) is 24.4 Å². The molecule has 106 valence electrons. The van der Waals surface area contributed by atoms with Crippen LogP contribution < -0.4 is 10.6 Å². The van der Waals surface area contributed by atoms with Crippen LogP contribution in [0.3, 0.4) is 0 Å². The van der Waals surface area contributed by atoms with Crippen molar-refractivity contribution < 1.29 is 9.90 Å². The SMILES string of the molecule is CC(O)c1ccc(NC(=O)NCc2nncn2C)cc1. The number of urea groups is 1. The van der Waals surface area contributed by atoms with E-state index >= 15 is 0 Å². The largest absolute Gasteiger partial charge is 0.389 e. The van der Waals surface area contributed by atoms with E-state index in [1.165, 1.54) is 0 Å². The van der Waals surface area contributed by atoms with E-state index in [-0.39, 0.29) is 6.03 Å². The van der Waals surface area contributed by atoms with Crippen molar-refractivity contribution in [1.29, 1.82) is 0 Å². The Hall–Kier alpha value is -2.41. The highest BCUT2D eigenvalue weighted by atomic mass is 16.3. The number of benzene rings is 1. The highest BCUT2D eigenvalue weighted by Crippen LogP contribution is 2.15. The van der Waals surface area contributed by atoms with Crippen molar-refractivity contribution in [1.82, 2.24) is 20.1 Å². The average Bonchev–Trinajstić information content (AvgIpc) is 2.82. The third-order valence-electron chi connectivity index (χ3n) is 2.86. The minimum atomic E-state index is -0.520. The minimum Gasteiger partial charge on any atom is -0.389 e. The molecular formula is C13H17N5O2. The zero-order chi connectivity index (χ0) is 14.5. The van der Waals surface area contributed by atoms with Gasteiger partial charge < -0.3 is 20.3 Å². The van der Waals surface area contributed by atoms with Gasteiger partial charge in [-0.1, -0.05) is 12.1 Å². The molecule has 7 nitrogen and oxygen atoms in total. The van der Waals surface area contributed by atoms with Crippen LogP contribution in [-0.2, 0) is 13.6 Å². The lowest BCUT2D eigenvalue weighted by Crippen LogP contribution is -2.29. The van der Waals surface area contributed by atoms with Crippen molar-refractivity contribution in [2.45, 2.75) is 19.6 Å². The number of aryl methyl sites for hydroxylation is 1. The van der Waals surface area contributed by atoms with Crippen LogP contribution in [0.4, 0.5) is 10.5 Å². The van der Waals surface area contributed by atoms with Gasteiger partial charge in [0.1, 0.15) is 6.33 Å². The Morgan fingerprint density at radius 2 is 2.10 bits per heavy atom. The van der Waals surface area contributed by atoms with Gasteiger partial charge in [0.05, 0.1) is 12.6 Å². The lowest BCUT2D eigenvalue weighted by atomic mass is 10.1. The highest BCUT2D eigenvalue weighted by molar-refractivity contribution is 5.89. The van der Waals surface area contributed by atoms with Gasteiger partial charge in [0.15, 0.2) is 5.82 Å². The number of aliphatic hydroxyl groups excluding tert-OH is 1. The van der Waals surface area contributed by atoms with E-state index in [2.05, 4.69) is 20.8 Å². The second-order valence-electron chi connectivity index (χ2n) is 4.46. The number of nitrogens with zero attached hydrogens (tertiary/aromatic N) is 3. The number of nitrogens with one attached hydrogen (secondary N) is 2. The van der Waals surface area contributed by atoms with Crippen LogP contribution in [0, 0.1) is 0 Å². The first-order valence-corrected chi connectivity index (χ1v) is 6.22. The number of hydrogen-bond donors (Lipinski definition) is 3. The summed E-state index contributed by atoms with van der Waals surface area (Å²) in [5.74, 6) is 0.671. The molecule has 0 radical (unpaired) electrons. The average molecular weight is 275 g/mol. The second-order valence-corrected chi connectivity index (χ2v) is 4.46. The molecule has 2 aromatic rings. The fourth-order valence-corrected chi connectivity index (χ4v) is 1.65. The van der Waals surface area contributed by atoms with Gasteiger partial charge in [-0.15, -0.1) is 10.2 Å². The molecule has 0 aliphatic rings. The molecule has 0 fully saturated rings. The molecule has 1 atom stereocenters. The maximum atomic E-state index is 11.7. The lowest BCUT2D eigenvalue weighted by molar-refractivity contribution is 0.199. The first-order chi connectivity index (χ1) is 9.56. The van der Waals surface area contributed by atoms with Crippen LogP contribution in [0.2, 0.25) is 0 Å². The summed E-state index contributed by atoms with van der Waals surface area (Å²) in [4.78, 5) is 11.7. The number of rotatable bonds is 4. The molecule has 2 amide bonds. The predicted octanol–water partition coefficient (Wildman–Crippen LogP) is 1.19. The third kappa shape index (κ3) is 3.55. The van der Waals surface area contributed by atoms with Gasteiger partial charge in [0, 0.05) is 12.7 Å². The first kappa shape index (κ1) is 14.0. The number of aliphatic hydroxyl groups is 1. The first-order valence-electron chi connectivity index (χ1n) is 6.22. The molecule has 1 unspecified atom stereocenters. The number of aromatic nitrogens is 3. The van der Waals surface area contributed by atoms with Crippen molar-refractivity contribution >= 4 is 11.7 Å². The smallest absolute Gasteiger partial charge is 0.319 e. The van der Waals surface area contributed by atoms with Crippen LogP contribution in [0.25, 0.3) is 0 Å². The van der Waals surface area contributed by atoms with Crippen molar-refractivity contribution in [2.75, 3.05) is 5.32 Å². The van der Waals surface area contributed by atoms with Crippen molar-refractivity contribution in [3.05, 3.63) is 42.0 Å². The molecule has 0 aliphatic carbocycles. The van der Waals surface area contributed by atoms with Gasteiger partial charge in [0.2, 0.25) is 0 Å². The molecule has 0 spiro atoms. The Balaban J connectivity index is 1.86. The fourth-order valence-electron chi connectivity index (χ4n) is 1.65. The number of amides is 2. The summed E-state index contributed by atoms with van der Waals surface area (Å²) in [6.45, 7) is 1.99. The van der Waals surface area contributed by atoms with E-state index in [0.717, 1.165) is 5.56 Å². The molecule has 2 rings (SSSR count). The van der Waals surface area contributed by atoms with Gasteiger partial charge in [-0.05, 0) is 24.6 Å². The maximum absolute atomic E-state index is 11.7. The summed E-state index contributed by atoms with van der Waals surface area (Å²) in [5.41, 5.74) is 1.46. The Morgan fingerprint density at radius 1 is 1.40 bits per heavy atom. The van der Waals surface area contributed by atoms with Crippen LogP contribution in [-0.4, -0.2) is 25.9 Å². The quantitative estimate of drug-likeness (QED) is 0.781. The monoisotopic (exact) mass is 275 g/mol. The fraction of sp³-hybridized carbons (Fsp3) is 0.308. The summed E-state index contributed by atoms with van der Waals surface area (Å²) in [6, 6.07) is 6.69. The third-order valence-corrected chi connectivity index (χ3v) is 2.86. The number of carbonyl (C=O) groups is 1. The van der Waals surface area contributed by atoms with E-state index in [9.17, 15) is 9.90 Å². The van der Waals surface area contributed by atoms with Crippen molar-refractivity contribution in [2.24, 2.45) is 7.05 Å². The number of carbonyl (C=O) groups excluding carboxylic acids is 1. The molecule has 1 aromatic carbocycles. The van der Waals surface area contributed by atoms with Crippen molar-refractivity contribution in [3.63, 3.8) is 0 Å². The Morgan fingerprint density at radius 3 is 2.65 bits per heavy atom. The molecule has 0 saturated carbocycles. The number of hydrogen-bond acceptors (Lipinski definition) is 4. The Kier molecular flexibility index (Phi) is 4.31. The molecule has 20 heavy (non-hydrogen) atoms. The highest BCUT2D eigenvalue weighted by Gasteiger charge is 2.05. The zero-order valence-corrected chi connectivity index (χ0v) is 11.4. The molecule has 0 saturated heterocycles. The minimum absolute atomic E-state index is 0.300. The summed E-state index contributed by atoms with van der Waals surface area (Å²) < 4.78 is 1.73. The lowest BCUT2D eigenvalue weighted by Gasteiger charge is -2.09. The molecule has 0 bridgehead atoms. The van der Waals surface area contributed by atoms with Gasteiger partial charge in [-0.25, -0.2) is 4.79 Å². The summed E-state index contributed by atoms with van der Waals surface area (Å²) >= 11 is 0. The standard InChI is InChI=1S/C13H17N5O2/c1-9(19)10-3-5-11(6-4-10)16-13(20)14-7-12-17-15-8-18(12)2/h3-6,8-9,19H,7H2,1-2H3,(H2,14,16,20). The number of anilines is 1. The summed E-state index contributed by atoms with van der Waals surface area (Å²) in [7, 11) is 1.81. The van der Waals surface area contributed by atoms with E-state index in [1.807, 2.05) is 7.05 Å². The normalized spacial score (nSPS) is 11.9. The van der Waals surface area contributed by atoms with Gasteiger partial charge >= 0.3 is 6.03 Å². The van der Waals surface area contributed by atoms with E-state index in [1.54, 1.807) is 42.1 Å². The molecular weight excluding hydrogens is 258 g/mol. The van der Waals surface area contributed by atoms with Crippen molar-refractivity contribution in [3.8, 4) is 0 Å². The molecule has 0 aliphatic heterocycles. The predicted molar refractivity (Wildman–Crippen MR) is 73.9 cm³/mol. The maximum Gasteiger partial charge on any atom is 0.319 e. The van der Waals surface area contributed by atoms with Gasteiger partial charge in [-0.2, -0.15) is 0 Å². The van der Waals surface area contributed by atoms with Gasteiger partial charge in [0.25, 0.3) is 0 Å². The summed E-state index contributed by atoms with van der Waals surface area (Å²) in [6.07, 6.45) is 1.05. The van der Waals surface area contributed by atoms with Gasteiger partial charge in [-0.3, -0.25) is 0 Å². The Labute approximate surface area is 116 Å². The van der Waals surface area contributed by atoms with Crippen LogP contribution in [0.5, 0.6) is 0 Å². The zero-order valence-electron chi connectivity index (χ0n) is 11.4. The topological polar surface area (TPSA) is 92.1 Å². The molecule has 7 heteroatoms. The summed E-state index contributed by atoms with van der Waals surface area (Å²) in [5, 5.41) is 22.4.